The second-order valence-electron chi connectivity index (χ2n) is 5.19. The second-order valence-corrected chi connectivity index (χ2v) is 5.19. The number of methoxy groups -OCH3 is 1. The van der Waals surface area contributed by atoms with Crippen molar-refractivity contribution >= 4 is 0 Å². The van der Waals surface area contributed by atoms with Gasteiger partial charge in [0.05, 0.1) is 12.7 Å². The minimum atomic E-state index is -0.264. The van der Waals surface area contributed by atoms with E-state index in [9.17, 15) is 5.11 Å². The smallest absolute Gasteiger partial charge is 0.0791 e. The Kier molecular flexibility index (Phi) is 7.77. The zero-order valence-corrected chi connectivity index (χ0v) is 11.3. The fourth-order valence-corrected chi connectivity index (χ4v) is 2.31. The Morgan fingerprint density at radius 1 is 1.41 bits per heavy atom. The molecule has 0 spiro atoms. The van der Waals surface area contributed by atoms with E-state index in [1.807, 2.05) is 0 Å². The Balaban J connectivity index is 2.10. The summed E-state index contributed by atoms with van der Waals surface area (Å²) in [6.45, 7) is 7.57. The molecule has 0 aromatic rings. The van der Waals surface area contributed by atoms with Crippen LogP contribution in [0.5, 0.6) is 0 Å². The average molecular weight is 244 g/mol. The Morgan fingerprint density at radius 2 is 2.24 bits per heavy atom. The minimum absolute atomic E-state index is 0.264. The molecule has 1 rings (SSSR count). The monoisotopic (exact) mass is 244 g/mol. The highest BCUT2D eigenvalue weighted by molar-refractivity contribution is 4.71. The molecule has 1 fully saturated rings. The van der Waals surface area contributed by atoms with Crippen molar-refractivity contribution in [3.63, 3.8) is 0 Å². The van der Waals surface area contributed by atoms with Gasteiger partial charge < -0.3 is 20.1 Å². The van der Waals surface area contributed by atoms with Crippen LogP contribution in [0.25, 0.3) is 0 Å². The maximum Gasteiger partial charge on any atom is 0.0791 e. The number of rotatable bonds is 7. The summed E-state index contributed by atoms with van der Waals surface area (Å²) in [6.07, 6.45) is 3.60. The molecule has 102 valence electrons. The van der Waals surface area contributed by atoms with Crippen LogP contribution in [-0.2, 0) is 4.74 Å². The molecule has 0 aromatic carbocycles. The lowest BCUT2D eigenvalue weighted by Gasteiger charge is -2.23. The van der Waals surface area contributed by atoms with Crippen LogP contribution >= 0.6 is 0 Å². The highest BCUT2D eigenvalue weighted by atomic mass is 16.5. The molecule has 17 heavy (non-hydrogen) atoms. The van der Waals surface area contributed by atoms with Crippen molar-refractivity contribution in [2.75, 3.05) is 46.4 Å². The molecule has 2 N–H and O–H groups in total. The Morgan fingerprint density at radius 3 is 3.00 bits per heavy atom. The van der Waals surface area contributed by atoms with Crippen molar-refractivity contribution in [3.05, 3.63) is 0 Å². The summed E-state index contributed by atoms with van der Waals surface area (Å²) >= 11 is 0. The van der Waals surface area contributed by atoms with E-state index in [1.54, 1.807) is 7.11 Å². The predicted molar refractivity (Wildman–Crippen MR) is 70.2 cm³/mol. The fourth-order valence-electron chi connectivity index (χ4n) is 2.31. The van der Waals surface area contributed by atoms with Gasteiger partial charge in [-0.05, 0) is 38.3 Å². The number of nitrogens with zero attached hydrogens (tertiary/aromatic N) is 1. The predicted octanol–water partition coefficient (Wildman–Crippen LogP) is 0.705. The van der Waals surface area contributed by atoms with Crippen molar-refractivity contribution in [2.24, 2.45) is 5.92 Å². The molecule has 0 saturated carbocycles. The molecule has 0 aliphatic carbocycles. The number of ether oxygens (including phenoxy) is 1. The zero-order valence-electron chi connectivity index (χ0n) is 11.3. The third-order valence-electron chi connectivity index (χ3n) is 3.44. The van der Waals surface area contributed by atoms with Gasteiger partial charge in [0, 0.05) is 26.7 Å². The summed E-state index contributed by atoms with van der Waals surface area (Å²) in [5.41, 5.74) is 0. The van der Waals surface area contributed by atoms with E-state index in [4.69, 9.17) is 4.74 Å². The molecule has 0 aromatic heterocycles. The van der Waals surface area contributed by atoms with E-state index in [2.05, 4.69) is 17.1 Å². The number of aliphatic hydroxyl groups excluding tert-OH is 1. The first-order chi connectivity index (χ1) is 8.22. The van der Waals surface area contributed by atoms with Crippen LogP contribution in [-0.4, -0.2) is 62.6 Å². The van der Waals surface area contributed by atoms with Crippen LogP contribution in [0, 0.1) is 5.92 Å². The van der Waals surface area contributed by atoms with E-state index in [0.717, 1.165) is 32.1 Å². The molecule has 4 nitrogen and oxygen atoms in total. The van der Waals surface area contributed by atoms with Crippen LogP contribution in [0.1, 0.15) is 26.2 Å². The highest BCUT2D eigenvalue weighted by Gasteiger charge is 2.16. The summed E-state index contributed by atoms with van der Waals surface area (Å²) in [7, 11) is 1.69. The van der Waals surface area contributed by atoms with Gasteiger partial charge in [-0.15, -0.1) is 0 Å². The van der Waals surface area contributed by atoms with Gasteiger partial charge in [-0.1, -0.05) is 6.92 Å². The largest absolute Gasteiger partial charge is 0.390 e. The van der Waals surface area contributed by atoms with Crippen molar-refractivity contribution in [1.82, 2.24) is 10.2 Å². The van der Waals surface area contributed by atoms with E-state index in [1.165, 1.54) is 19.3 Å². The molecule has 1 heterocycles. The topological polar surface area (TPSA) is 44.7 Å². The summed E-state index contributed by atoms with van der Waals surface area (Å²) in [5.74, 6) is 0.844. The quantitative estimate of drug-likeness (QED) is 0.647. The zero-order chi connectivity index (χ0) is 12.5. The Hall–Kier alpha value is -0.160. The maximum atomic E-state index is 9.91. The lowest BCUT2D eigenvalue weighted by atomic mass is 10.0. The number of nitrogens with one attached hydrogen (secondary N) is 1. The fraction of sp³-hybridized carbons (Fsp3) is 1.00. The molecule has 4 heteroatoms. The van der Waals surface area contributed by atoms with Gasteiger partial charge in [-0.3, -0.25) is 0 Å². The average Bonchev–Trinajstić information content (AvgIpc) is 2.50. The van der Waals surface area contributed by atoms with Crippen LogP contribution < -0.4 is 5.32 Å². The molecule has 2 atom stereocenters. The highest BCUT2D eigenvalue weighted by Crippen LogP contribution is 2.16. The summed E-state index contributed by atoms with van der Waals surface area (Å²) in [5, 5.41) is 13.1. The number of β-amino-alcohol motifs (C(OH)–C–C–N with tert-alkyl or cyclic N) is 1. The molecule has 1 aliphatic heterocycles. The van der Waals surface area contributed by atoms with Crippen LogP contribution in [0.2, 0.25) is 0 Å². The van der Waals surface area contributed by atoms with Gasteiger partial charge in [0.2, 0.25) is 0 Å². The van der Waals surface area contributed by atoms with E-state index < -0.39 is 0 Å². The van der Waals surface area contributed by atoms with E-state index in [-0.39, 0.29) is 6.10 Å². The van der Waals surface area contributed by atoms with Gasteiger partial charge in [0.15, 0.2) is 0 Å². The SMILES string of the molecule is COCCNCC(O)CN1CCCC(C)CC1. The molecule has 0 amide bonds. The lowest BCUT2D eigenvalue weighted by molar-refractivity contribution is 0.109. The second kappa shape index (κ2) is 8.86. The first-order valence-corrected chi connectivity index (χ1v) is 6.82. The van der Waals surface area contributed by atoms with E-state index >= 15 is 0 Å². The standard InChI is InChI=1S/C13H28N2O2/c1-12-4-3-7-15(8-5-12)11-13(16)10-14-6-9-17-2/h12-14,16H,3-11H2,1-2H3. The molecular formula is C13H28N2O2. The van der Waals surface area contributed by atoms with Crippen molar-refractivity contribution in [2.45, 2.75) is 32.3 Å². The van der Waals surface area contributed by atoms with Gasteiger partial charge in [0.25, 0.3) is 0 Å². The number of aliphatic hydroxyl groups is 1. The molecule has 1 saturated heterocycles. The number of hydrogen-bond acceptors (Lipinski definition) is 4. The molecular weight excluding hydrogens is 216 g/mol. The molecule has 0 radical (unpaired) electrons. The summed E-state index contributed by atoms with van der Waals surface area (Å²) in [4.78, 5) is 2.40. The first kappa shape index (κ1) is 14.9. The third-order valence-corrected chi connectivity index (χ3v) is 3.44. The van der Waals surface area contributed by atoms with Crippen LogP contribution in [0.3, 0.4) is 0 Å². The first-order valence-electron chi connectivity index (χ1n) is 6.82. The third kappa shape index (κ3) is 6.99. The minimum Gasteiger partial charge on any atom is -0.390 e. The Bertz CT molecular complexity index is 190. The summed E-state index contributed by atoms with van der Waals surface area (Å²) in [6, 6.07) is 0. The summed E-state index contributed by atoms with van der Waals surface area (Å²) < 4.78 is 4.95. The Labute approximate surface area is 105 Å². The van der Waals surface area contributed by atoms with Crippen molar-refractivity contribution in [3.8, 4) is 0 Å². The molecule has 0 bridgehead atoms. The molecule has 1 aliphatic rings. The van der Waals surface area contributed by atoms with E-state index in [0.29, 0.717) is 13.2 Å². The van der Waals surface area contributed by atoms with Gasteiger partial charge in [-0.25, -0.2) is 0 Å². The van der Waals surface area contributed by atoms with Crippen LogP contribution in [0.15, 0.2) is 0 Å². The van der Waals surface area contributed by atoms with Gasteiger partial charge >= 0.3 is 0 Å². The van der Waals surface area contributed by atoms with Crippen molar-refractivity contribution < 1.29 is 9.84 Å². The van der Waals surface area contributed by atoms with Gasteiger partial charge in [0.1, 0.15) is 0 Å². The normalized spacial score (nSPS) is 24.5. The van der Waals surface area contributed by atoms with Gasteiger partial charge in [-0.2, -0.15) is 0 Å². The van der Waals surface area contributed by atoms with Crippen molar-refractivity contribution in [1.29, 1.82) is 0 Å². The van der Waals surface area contributed by atoms with Crippen LogP contribution in [0.4, 0.5) is 0 Å². The molecule has 2 unspecified atom stereocenters. The maximum absolute atomic E-state index is 9.91. The number of hydrogen-bond donors (Lipinski definition) is 2. The number of likely N-dealkylation sites (tertiary alicyclic amines) is 1. The lowest BCUT2D eigenvalue weighted by Crippen LogP contribution is -2.39.